The molecular weight excluding hydrogens is 352 g/mol. The van der Waals surface area contributed by atoms with E-state index in [-0.39, 0.29) is 18.4 Å². The molecule has 0 aliphatic heterocycles. The molecular formula is C23H22N2O3. The fourth-order valence-corrected chi connectivity index (χ4v) is 2.74. The molecule has 1 N–H and O–H groups in total. The molecule has 0 atom stereocenters. The van der Waals surface area contributed by atoms with E-state index in [1.807, 2.05) is 48.5 Å². The molecule has 0 aliphatic rings. The summed E-state index contributed by atoms with van der Waals surface area (Å²) in [5.74, 6) is 0.232. The highest BCUT2D eigenvalue weighted by Gasteiger charge is 2.13. The number of para-hydroxylation sites is 1. The van der Waals surface area contributed by atoms with Crippen molar-refractivity contribution in [3.05, 3.63) is 96.1 Å². The molecule has 5 heteroatoms. The van der Waals surface area contributed by atoms with Crippen LogP contribution in [0.1, 0.15) is 15.9 Å². The van der Waals surface area contributed by atoms with Gasteiger partial charge in [-0.05, 0) is 35.9 Å². The number of nitrogens with zero attached hydrogens (tertiary/aromatic N) is 1. The van der Waals surface area contributed by atoms with Crippen molar-refractivity contribution in [2.75, 3.05) is 19.0 Å². The van der Waals surface area contributed by atoms with Gasteiger partial charge in [-0.2, -0.15) is 0 Å². The Balaban J connectivity index is 1.58. The number of hydrogen-bond donors (Lipinski definition) is 1. The van der Waals surface area contributed by atoms with Gasteiger partial charge in [0.05, 0.1) is 0 Å². The molecule has 0 saturated carbocycles. The van der Waals surface area contributed by atoms with E-state index in [0.29, 0.717) is 23.5 Å². The van der Waals surface area contributed by atoms with E-state index in [1.54, 1.807) is 48.3 Å². The molecule has 3 rings (SSSR count). The van der Waals surface area contributed by atoms with Gasteiger partial charge in [0.15, 0.2) is 6.61 Å². The highest BCUT2D eigenvalue weighted by Crippen LogP contribution is 2.14. The topological polar surface area (TPSA) is 58.6 Å². The zero-order valence-corrected chi connectivity index (χ0v) is 15.7. The summed E-state index contributed by atoms with van der Waals surface area (Å²) in [5.41, 5.74) is 2.13. The zero-order chi connectivity index (χ0) is 19.8. The first kappa shape index (κ1) is 19.2. The highest BCUT2D eigenvalue weighted by atomic mass is 16.5. The average molecular weight is 374 g/mol. The standard InChI is InChI=1S/C23H22N2O3/c1-25(16-18-9-4-2-5-10-18)23(27)19-11-8-12-20(15-19)24-22(26)17-28-21-13-6-3-7-14-21/h2-15H,16-17H2,1H3,(H,24,26). The molecule has 3 aromatic rings. The van der Waals surface area contributed by atoms with Crippen molar-refractivity contribution in [3.63, 3.8) is 0 Å². The van der Waals surface area contributed by atoms with Gasteiger partial charge < -0.3 is 15.0 Å². The van der Waals surface area contributed by atoms with Gasteiger partial charge in [-0.15, -0.1) is 0 Å². The Kier molecular flexibility index (Phi) is 6.41. The van der Waals surface area contributed by atoms with E-state index >= 15 is 0 Å². The average Bonchev–Trinajstić information content (AvgIpc) is 2.73. The molecule has 0 unspecified atom stereocenters. The zero-order valence-electron chi connectivity index (χ0n) is 15.7. The Morgan fingerprint density at radius 3 is 2.29 bits per heavy atom. The van der Waals surface area contributed by atoms with Gasteiger partial charge in [0, 0.05) is 24.8 Å². The van der Waals surface area contributed by atoms with Gasteiger partial charge >= 0.3 is 0 Å². The van der Waals surface area contributed by atoms with E-state index in [4.69, 9.17) is 4.74 Å². The molecule has 0 fully saturated rings. The van der Waals surface area contributed by atoms with Crippen molar-refractivity contribution in [3.8, 4) is 5.75 Å². The smallest absolute Gasteiger partial charge is 0.262 e. The van der Waals surface area contributed by atoms with Crippen LogP contribution in [0.5, 0.6) is 5.75 Å². The van der Waals surface area contributed by atoms with Gasteiger partial charge in [0.2, 0.25) is 0 Å². The van der Waals surface area contributed by atoms with Crippen LogP contribution in [0.25, 0.3) is 0 Å². The summed E-state index contributed by atoms with van der Waals surface area (Å²) < 4.78 is 5.44. The van der Waals surface area contributed by atoms with Gasteiger partial charge in [0.25, 0.3) is 11.8 Å². The monoisotopic (exact) mass is 374 g/mol. The SMILES string of the molecule is CN(Cc1ccccc1)C(=O)c1cccc(NC(=O)COc2ccccc2)c1. The van der Waals surface area contributed by atoms with Crippen LogP contribution < -0.4 is 10.1 Å². The third-order valence-electron chi connectivity index (χ3n) is 4.12. The number of ether oxygens (including phenoxy) is 1. The van der Waals surface area contributed by atoms with Crippen LogP contribution in [0.2, 0.25) is 0 Å². The van der Waals surface area contributed by atoms with E-state index in [0.717, 1.165) is 5.56 Å². The Labute approximate surface area is 164 Å². The minimum absolute atomic E-state index is 0.101. The Bertz CT molecular complexity index is 927. The maximum Gasteiger partial charge on any atom is 0.262 e. The fourth-order valence-electron chi connectivity index (χ4n) is 2.74. The van der Waals surface area contributed by atoms with E-state index in [2.05, 4.69) is 5.32 Å². The lowest BCUT2D eigenvalue weighted by atomic mass is 10.1. The van der Waals surface area contributed by atoms with Gasteiger partial charge in [0.1, 0.15) is 5.75 Å². The van der Waals surface area contributed by atoms with Crippen molar-refractivity contribution < 1.29 is 14.3 Å². The molecule has 0 aromatic heterocycles. The van der Waals surface area contributed by atoms with Gasteiger partial charge in [-0.1, -0.05) is 54.6 Å². The van der Waals surface area contributed by atoms with Crippen molar-refractivity contribution in [1.82, 2.24) is 4.90 Å². The second-order valence-corrected chi connectivity index (χ2v) is 6.38. The number of anilines is 1. The molecule has 0 saturated heterocycles. The first-order chi connectivity index (χ1) is 13.6. The van der Waals surface area contributed by atoms with E-state index in [1.165, 1.54) is 0 Å². The maximum atomic E-state index is 12.7. The van der Waals surface area contributed by atoms with Crippen molar-refractivity contribution in [2.24, 2.45) is 0 Å². The molecule has 0 heterocycles. The first-order valence-electron chi connectivity index (χ1n) is 8.99. The molecule has 0 radical (unpaired) electrons. The lowest BCUT2D eigenvalue weighted by Gasteiger charge is -2.18. The molecule has 2 amide bonds. The number of hydrogen-bond acceptors (Lipinski definition) is 3. The molecule has 142 valence electrons. The summed E-state index contributed by atoms with van der Waals surface area (Å²) >= 11 is 0. The molecule has 28 heavy (non-hydrogen) atoms. The quantitative estimate of drug-likeness (QED) is 0.681. The van der Waals surface area contributed by atoms with Crippen LogP contribution in [0.3, 0.4) is 0 Å². The second-order valence-electron chi connectivity index (χ2n) is 6.38. The normalized spacial score (nSPS) is 10.2. The number of amides is 2. The molecule has 0 aliphatic carbocycles. The summed E-state index contributed by atoms with van der Waals surface area (Å²) in [6.07, 6.45) is 0. The number of nitrogens with one attached hydrogen (secondary N) is 1. The van der Waals surface area contributed by atoms with Crippen molar-refractivity contribution >= 4 is 17.5 Å². The molecule has 3 aromatic carbocycles. The van der Waals surface area contributed by atoms with E-state index in [9.17, 15) is 9.59 Å². The number of rotatable bonds is 7. The van der Waals surface area contributed by atoms with Crippen LogP contribution in [0.15, 0.2) is 84.9 Å². The number of carbonyl (C=O) groups is 2. The predicted octanol–water partition coefficient (Wildman–Crippen LogP) is 3.98. The van der Waals surface area contributed by atoms with Crippen LogP contribution in [-0.4, -0.2) is 30.4 Å². The lowest BCUT2D eigenvalue weighted by Crippen LogP contribution is -2.26. The summed E-state index contributed by atoms with van der Waals surface area (Å²) in [7, 11) is 1.76. The second kappa shape index (κ2) is 9.37. The number of carbonyl (C=O) groups excluding carboxylic acids is 2. The van der Waals surface area contributed by atoms with E-state index < -0.39 is 0 Å². The van der Waals surface area contributed by atoms with Crippen LogP contribution in [-0.2, 0) is 11.3 Å². The fraction of sp³-hybridized carbons (Fsp3) is 0.130. The maximum absolute atomic E-state index is 12.7. The third kappa shape index (κ3) is 5.45. The summed E-state index contributed by atoms with van der Waals surface area (Å²) in [5, 5.41) is 2.76. The minimum atomic E-state index is -0.286. The van der Waals surface area contributed by atoms with Gasteiger partial charge in [-0.3, -0.25) is 9.59 Å². The largest absolute Gasteiger partial charge is 0.484 e. The Morgan fingerprint density at radius 1 is 0.893 bits per heavy atom. The molecule has 0 spiro atoms. The summed E-state index contributed by atoms with van der Waals surface area (Å²) in [6.45, 7) is 0.414. The first-order valence-corrected chi connectivity index (χ1v) is 8.99. The number of benzene rings is 3. The van der Waals surface area contributed by atoms with Crippen LogP contribution >= 0.6 is 0 Å². The Hall–Kier alpha value is -3.60. The van der Waals surface area contributed by atoms with Crippen molar-refractivity contribution in [1.29, 1.82) is 0 Å². The molecule has 0 bridgehead atoms. The van der Waals surface area contributed by atoms with Crippen LogP contribution in [0.4, 0.5) is 5.69 Å². The van der Waals surface area contributed by atoms with Crippen molar-refractivity contribution in [2.45, 2.75) is 6.54 Å². The Morgan fingerprint density at radius 2 is 1.57 bits per heavy atom. The summed E-state index contributed by atoms with van der Waals surface area (Å²) in [4.78, 5) is 26.4. The summed E-state index contributed by atoms with van der Waals surface area (Å²) in [6, 6.07) is 25.8. The van der Waals surface area contributed by atoms with Gasteiger partial charge in [-0.25, -0.2) is 0 Å². The highest BCUT2D eigenvalue weighted by molar-refractivity contribution is 5.97. The third-order valence-corrected chi connectivity index (χ3v) is 4.12. The predicted molar refractivity (Wildman–Crippen MR) is 109 cm³/mol. The van der Waals surface area contributed by atoms with Crippen LogP contribution in [0, 0.1) is 0 Å². The minimum Gasteiger partial charge on any atom is -0.484 e. The lowest BCUT2D eigenvalue weighted by molar-refractivity contribution is -0.118. The molecule has 5 nitrogen and oxygen atoms in total.